The van der Waals surface area contributed by atoms with Gasteiger partial charge < -0.3 is 15.5 Å². The number of hydrogen-bond acceptors (Lipinski definition) is 5. The second kappa shape index (κ2) is 8.98. The summed E-state index contributed by atoms with van der Waals surface area (Å²) in [4.78, 5) is 15.0. The summed E-state index contributed by atoms with van der Waals surface area (Å²) in [5.74, 6) is -1.46. The summed E-state index contributed by atoms with van der Waals surface area (Å²) in [5.41, 5.74) is 8.58. The third-order valence-electron chi connectivity index (χ3n) is 7.11. The third-order valence-corrected chi connectivity index (χ3v) is 9.56. The van der Waals surface area contributed by atoms with Crippen LogP contribution in [-0.4, -0.2) is 22.1 Å². The van der Waals surface area contributed by atoms with Crippen LogP contribution in [-0.2, 0) is 10.0 Å². The molecular weight excluding hydrogens is 512 g/mol. The summed E-state index contributed by atoms with van der Waals surface area (Å²) < 4.78 is 61.0. The van der Waals surface area contributed by atoms with Gasteiger partial charge in [-0.15, -0.1) is 0 Å². The van der Waals surface area contributed by atoms with E-state index in [0.717, 1.165) is 16.1 Å². The lowest BCUT2D eigenvalue weighted by Gasteiger charge is -2.33. The quantitative estimate of drug-likeness (QED) is 0.320. The average Bonchev–Trinajstić information content (AvgIpc) is 3.31. The topological polar surface area (TPSA) is 107 Å². The lowest BCUT2D eigenvalue weighted by Crippen LogP contribution is -2.41. The predicted molar refractivity (Wildman–Crippen MR) is 144 cm³/mol. The van der Waals surface area contributed by atoms with Gasteiger partial charge in [-0.25, -0.2) is 21.2 Å². The van der Waals surface area contributed by atoms with Gasteiger partial charge in [-0.2, -0.15) is 0 Å². The highest BCUT2D eigenvalue weighted by atomic mass is 32.2. The first kappa shape index (κ1) is 25.5. The van der Waals surface area contributed by atoms with Crippen molar-refractivity contribution in [1.82, 2.24) is 8.96 Å². The van der Waals surface area contributed by atoms with E-state index in [2.05, 4.69) is 4.98 Å². The maximum absolute atomic E-state index is 14.3. The Labute approximate surface area is 217 Å². The third kappa shape index (κ3) is 4.01. The number of aryl methyl sites for hydroxylation is 1. The van der Waals surface area contributed by atoms with Crippen LogP contribution in [0, 0.1) is 18.6 Å². The minimum Gasteiger partial charge on any atom is -0.454 e. The SMILES string of the molecule is CC1=CC(c2cc(N)c(C)cc2Oc2ccc(F)cc2F)=CCC1(C)S(=O)(=O)n1ccc2cc[nH]c(=O)c21. The van der Waals surface area contributed by atoms with Gasteiger partial charge in [0.25, 0.3) is 5.56 Å². The summed E-state index contributed by atoms with van der Waals surface area (Å²) in [5, 5.41) is 0.513. The molecule has 0 fully saturated rings. The van der Waals surface area contributed by atoms with Crippen LogP contribution in [0.25, 0.3) is 16.5 Å². The molecule has 5 rings (SSSR count). The molecule has 0 bridgehead atoms. The lowest BCUT2D eigenvalue weighted by atomic mass is 9.87. The van der Waals surface area contributed by atoms with Gasteiger partial charge in [-0.3, -0.25) is 4.79 Å². The van der Waals surface area contributed by atoms with Crippen LogP contribution in [0.1, 0.15) is 31.4 Å². The number of ether oxygens (including phenoxy) is 1. The van der Waals surface area contributed by atoms with Gasteiger partial charge in [0, 0.05) is 35.1 Å². The van der Waals surface area contributed by atoms with Crippen LogP contribution < -0.4 is 16.0 Å². The minimum absolute atomic E-state index is 0.0552. The first-order chi connectivity index (χ1) is 17.9. The van der Waals surface area contributed by atoms with Crippen LogP contribution in [0.2, 0.25) is 0 Å². The van der Waals surface area contributed by atoms with E-state index in [1.165, 1.54) is 18.5 Å². The molecule has 7 nitrogen and oxygen atoms in total. The molecule has 1 aliphatic carbocycles. The van der Waals surface area contributed by atoms with E-state index in [1.807, 2.05) is 0 Å². The summed E-state index contributed by atoms with van der Waals surface area (Å²) in [7, 11) is -4.06. The molecule has 0 aliphatic heterocycles. The van der Waals surface area contributed by atoms with E-state index in [-0.39, 0.29) is 23.4 Å². The number of allylic oxidation sites excluding steroid dienone is 3. The normalized spacial score (nSPS) is 17.8. The molecule has 196 valence electrons. The van der Waals surface area contributed by atoms with E-state index >= 15 is 0 Å². The molecule has 2 heterocycles. The second-order valence-corrected chi connectivity index (χ2v) is 11.8. The van der Waals surface area contributed by atoms with Crippen molar-refractivity contribution in [3.63, 3.8) is 0 Å². The van der Waals surface area contributed by atoms with Crippen molar-refractivity contribution in [1.29, 1.82) is 0 Å². The molecule has 0 spiro atoms. The number of aromatic amines is 1. The largest absolute Gasteiger partial charge is 0.454 e. The van der Waals surface area contributed by atoms with E-state index in [1.54, 1.807) is 57.2 Å². The van der Waals surface area contributed by atoms with Crippen molar-refractivity contribution < 1.29 is 21.9 Å². The number of H-pyrrole nitrogens is 1. The number of aromatic nitrogens is 2. The summed E-state index contributed by atoms with van der Waals surface area (Å²) >= 11 is 0. The number of hydrogen-bond donors (Lipinski definition) is 2. The fourth-order valence-electron chi connectivity index (χ4n) is 4.58. The zero-order valence-electron chi connectivity index (χ0n) is 20.9. The van der Waals surface area contributed by atoms with Crippen LogP contribution in [0.15, 0.2) is 77.4 Å². The summed E-state index contributed by atoms with van der Waals surface area (Å²) in [6.07, 6.45) is 6.41. The molecule has 0 amide bonds. The molecule has 1 atom stereocenters. The van der Waals surface area contributed by atoms with E-state index in [0.29, 0.717) is 33.3 Å². The number of nitrogens with two attached hydrogens (primary N) is 1. The number of halogens is 2. The fourth-order valence-corrected chi connectivity index (χ4v) is 6.42. The highest BCUT2D eigenvalue weighted by Crippen LogP contribution is 2.43. The first-order valence-corrected chi connectivity index (χ1v) is 13.2. The molecule has 38 heavy (non-hydrogen) atoms. The molecule has 3 N–H and O–H groups in total. The van der Waals surface area contributed by atoms with Gasteiger partial charge in [-0.05, 0) is 80.3 Å². The number of benzene rings is 2. The van der Waals surface area contributed by atoms with E-state index in [9.17, 15) is 22.0 Å². The van der Waals surface area contributed by atoms with Crippen molar-refractivity contribution in [2.45, 2.75) is 31.9 Å². The minimum atomic E-state index is -4.06. The molecular formula is C28H25F2N3O4S. The average molecular weight is 538 g/mol. The fraction of sp³-hybridized carbons (Fsp3) is 0.179. The maximum atomic E-state index is 14.3. The molecule has 2 aromatic carbocycles. The Bertz CT molecular complexity index is 1840. The van der Waals surface area contributed by atoms with Crippen molar-refractivity contribution in [3.05, 3.63) is 106 Å². The highest BCUT2D eigenvalue weighted by molar-refractivity contribution is 7.91. The lowest BCUT2D eigenvalue weighted by molar-refractivity contribution is 0.436. The molecule has 2 aromatic heterocycles. The Morgan fingerprint density at radius 2 is 1.84 bits per heavy atom. The number of nitrogen functional groups attached to an aromatic ring is 1. The van der Waals surface area contributed by atoms with Crippen molar-refractivity contribution in [2.75, 3.05) is 5.73 Å². The van der Waals surface area contributed by atoms with Crippen LogP contribution in [0.5, 0.6) is 11.5 Å². The molecule has 4 aromatic rings. The Balaban J connectivity index is 1.56. The van der Waals surface area contributed by atoms with Gasteiger partial charge in [-0.1, -0.05) is 12.2 Å². The van der Waals surface area contributed by atoms with Crippen LogP contribution in [0.3, 0.4) is 0 Å². The second-order valence-electron chi connectivity index (χ2n) is 9.53. The molecule has 0 saturated heterocycles. The molecule has 0 radical (unpaired) electrons. The van der Waals surface area contributed by atoms with Crippen molar-refractivity contribution in [3.8, 4) is 11.5 Å². The van der Waals surface area contributed by atoms with Gasteiger partial charge in [0.05, 0.1) is 0 Å². The van der Waals surface area contributed by atoms with Gasteiger partial charge >= 0.3 is 0 Å². The number of rotatable bonds is 5. The standard InChI is InChI=1S/C28H25F2N3O4S/c1-16-12-25(37-24-5-4-20(29)14-22(24)30)21(15-23(16)31)19-6-9-28(3,17(2)13-19)38(35,36)33-11-8-18-7-10-32-27(34)26(18)33/h4-8,10-15H,9,31H2,1-3H3,(H,32,34). The van der Waals surface area contributed by atoms with Crippen molar-refractivity contribution in [2.24, 2.45) is 0 Å². The monoisotopic (exact) mass is 537 g/mol. The number of anilines is 1. The Hall–Kier alpha value is -4.18. The summed E-state index contributed by atoms with van der Waals surface area (Å²) in [6.45, 7) is 5.09. The zero-order valence-corrected chi connectivity index (χ0v) is 21.7. The number of pyridine rings is 1. The number of nitrogens with one attached hydrogen (secondary N) is 1. The first-order valence-electron chi connectivity index (χ1n) is 11.8. The molecule has 1 aliphatic rings. The Morgan fingerprint density at radius 3 is 2.55 bits per heavy atom. The maximum Gasteiger partial charge on any atom is 0.273 e. The molecule has 10 heteroatoms. The smallest absolute Gasteiger partial charge is 0.273 e. The van der Waals surface area contributed by atoms with Gasteiger partial charge in [0.1, 0.15) is 21.8 Å². The zero-order chi connectivity index (χ0) is 27.4. The van der Waals surface area contributed by atoms with E-state index < -0.39 is 32.0 Å². The predicted octanol–water partition coefficient (Wildman–Crippen LogP) is 5.66. The highest BCUT2D eigenvalue weighted by Gasteiger charge is 2.43. The Morgan fingerprint density at radius 1 is 1.08 bits per heavy atom. The van der Waals surface area contributed by atoms with Gasteiger partial charge in [0.15, 0.2) is 11.6 Å². The number of nitrogens with zero attached hydrogens (tertiary/aromatic N) is 1. The van der Waals surface area contributed by atoms with Crippen LogP contribution in [0.4, 0.5) is 14.5 Å². The number of fused-ring (bicyclic) bond motifs is 1. The molecule has 1 unspecified atom stereocenters. The Kier molecular flexibility index (Phi) is 6.02. The summed E-state index contributed by atoms with van der Waals surface area (Å²) in [6, 6.07) is 9.58. The van der Waals surface area contributed by atoms with Gasteiger partial charge in [0.2, 0.25) is 10.0 Å². The van der Waals surface area contributed by atoms with E-state index in [4.69, 9.17) is 10.5 Å². The van der Waals surface area contributed by atoms with Crippen LogP contribution >= 0.6 is 0 Å². The van der Waals surface area contributed by atoms with Crippen molar-refractivity contribution >= 4 is 32.2 Å². The molecule has 0 saturated carbocycles.